The summed E-state index contributed by atoms with van der Waals surface area (Å²) < 4.78 is 4.98. The van der Waals surface area contributed by atoms with Crippen LogP contribution in [0.25, 0.3) is 11.4 Å². The first kappa shape index (κ1) is 9.32. The van der Waals surface area contributed by atoms with Gasteiger partial charge in [0, 0.05) is 6.07 Å². The Morgan fingerprint density at radius 3 is 2.80 bits per heavy atom. The van der Waals surface area contributed by atoms with Gasteiger partial charge in [0.05, 0.1) is 25.2 Å². The summed E-state index contributed by atoms with van der Waals surface area (Å²) in [7, 11) is 1.54. The minimum Gasteiger partial charge on any atom is -0.481 e. The number of hydrogen-bond acceptors (Lipinski definition) is 6. The van der Waals surface area contributed by atoms with E-state index in [4.69, 9.17) is 10.5 Å². The normalized spacial score (nSPS) is 9.93. The predicted molar refractivity (Wildman–Crippen MR) is 54.0 cm³/mol. The van der Waals surface area contributed by atoms with Gasteiger partial charge in [-0.3, -0.25) is 4.98 Å². The van der Waals surface area contributed by atoms with Crippen molar-refractivity contribution in [2.24, 2.45) is 0 Å². The lowest BCUT2D eigenvalue weighted by atomic mass is 10.3. The minimum atomic E-state index is 0.352. The van der Waals surface area contributed by atoms with Crippen LogP contribution in [0.3, 0.4) is 0 Å². The molecule has 2 rings (SSSR count). The third kappa shape index (κ3) is 1.98. The molecule has 0 aliphatic carbocycles. The molecule has 0 aliphatic rings. The van der Waals surface area contributed by atoms with Crippen molar-refractivity contribution in [1.29, 1.82) is 0 Å². The van der Waals surface area contributed by atoms with Gasteiger partial charge in [-0.15, -0.1) is 0 Å². The summed E-state index contributed by atoms with van der Waals surface area (Å²) in [6.45, 7) is 0. The fourth-order valence-corrected chi connectivity index (χ4v) is 1.10. The molecule has 0 bridgehead atoms. The van der Waals surface area contributed by atoms with Crippen molar-refractivity contribution in [1.82, 2.24) is 19.9 Å². The highest BCUT2D eigenvalue weighted by Crippen LogP contribution is 2.16. The van der Waals surface area contributed by atoms with E-state index in [1.54, 1.807) is 12.3 Å². The second kappa shape index (κ2) is 3.87. The van der Waals surface area contributed by atoms with E-state index in [9.17, 15) is 0 Å². The van der Waals surface area contributed by atoms with Gasteiger partial charge in [0.1, 0.15) is 17.8 Å². The molecule has 2 N–H and O–H groups in total. The zero-order chi connectivity index (χ0) is 10.7. The second-order valence-corrected chi connectivity index (χ2v) is 2.77. The molecule has 0 unspecified atom stereocenters. The fraction of sp³-hybridized carbons (Fsp3) is 0.111. The van der Waals surface area contributed by atoms with Crippen molar-refractivity contribution in [2.75, 3.05) is 12.8 Å². The molecule has 0 spiro atoms. The molecule has 6 nitrogen and oxygen atoms in total. The average molecular weight is 203 g/mol. The minimum absolute atomic E-state index is 0.352. The van der Waals surface area contributed by atoms with Gasteiger partial charge in [-0.25, -0.2) is 15.0 Å². The number of hydrogen-bond donors (Lipinski definition) is 1. The highest BCUT2D eigenvalue weighted by atomic mass is 16.5. The van der Waals surface area contributed by atoms with Crippen molar-refractivity contribution in [3.05, 3.63) is 24.8 Å². The van der Waals surface area contributed by atoms with E-state index in [0.29, 0.717) is 23.1 Å². The van der Waals surface area contributed by atoms with E-state index in [0.717, 1.165) is 0 Å². The second-order valence-electron chi connectivity index (χ2n) is 2.77. The smallest absolute Gasteiger partial charge is 0.216 e. The molecule has 2 aromatic heterocycles. The topological polar surface area (TPSA) is 86.8 Å². The Balaban J connectivity index is 2.44. The molecule has 2 heterocycles. The van der Waals surface area contributed by atoms with E-state index in [1.165, 1.54) is 19.6 Å². The monoisotopic (exact) mass is 203 g/mol. The standard InChI is InChI=1S/C9H9N5O/c1-15-9-2-6(12-5-13-9)7-3-11-4-8(10)14-7/h2-5H,1H3,(H2,10,14). The van der Waals surface area contributed by atoms with Gasteiger partial charge in [0.15, 0.2) is 0 Å². The van der Waals surface area contributed by atoms with Crippen LogP contribution in [0, 0.1) is 0 Å². The lowest BCUT2D eigenvalue weighted by molar-refractivity contribution is 0.397. The van der Waals surface area contributed by atoms with E-state index >= 15 is 0 Å². The van der Waals surface area contributed by atoms with E-state index in [2.05, 4.69) is 19.9 Å². The summed E-state index contributed by atoms with van der Waals surface area (Å²) in [4.78, 5) is 16.0. The molecular weight excluding hydrogens is 194 g/mol. The molecule has 0 saturated heterocycles. The van der Waals surface area contributed by atoms with Crippen molar-refractivity contribution >= 4 is 5.82 Å². The highest BCUT2D eigenvalue weighted by Gasteiger charge is 2.03. The van der Waals surface area contributed by atoms with E-state index < -0.39 is 0 Å². The van der Waals surface area contributed by atoms with Gasteiger partial charge in [-0.05, 0) is 0 Å². The van der Waals surface area contributed by atoms with E-state index in [1.807, 2.05) is 0 Å². The Kier molecular flexibility index (Phi) is 2.40. The zero-order valence-electron chi connectivity index (χ0n) is 8.08. The number of aromatic nitrogens is 4. The summed E-state index contributed by atoms with van der Waals surface area (Å²) >= 11 is 0. The number of nitrogens with two attached hydrogens (primary N) is 1. The third-order valence-electron chi connectivity index (χ3n) is 1.77. The molecule has 0 aliphatic heterocycles. The molecule has 15 heavy (non-hydrogen) atoms. The van der Waals surface area contributed by atoms with E-state index in [-0.39, 0.29) is 0 Å². The first-order valence-electron chi connectivity index (χ1n) is 4.23. The SMILES string of the molecule is COc1cc(-c2cncc(N)n2)ncn1. The number of ether oxygens (including phenoxy) is 1. The van der Waals surface area contributed by atoms with Crippen molar-refractivity contribution < 1.29 is 4.74 Å². The molecule has 0 saturated carbocycles. The molecule has 2 aromatic rings. The van der Waals surface area contributed by atoms with Crippen LogP contribution in [0.1, 0.15) is 0 Å². The Morgan fingerprint density at radius 2 is 2.07 bits per heavy atom. The first-order valence-corrected chi connectivity index (χ1v) is 4.23. The molecule has 0 atom stereocenters. The quantitative estimate of drug-likeness (QED) is 0.765. The Morgan fingerprint density at radius 1 is 1.20 bits per heavy atom. The van der Waals surface area contributed by atoms with Crippen LogP contribution >= 0.6 is 0 Å². The molecular formula is C9H9N5O. The Bertz CT molecular complexity index is 474. The molecule has 0 radical (unpaired) electrons. The van der Waals surface area contributed by atoms with Crippen LogP contribution in [0.5, 0.6) is 5.88 Å². The van der Waals surface area contributed by atoms with Crippen LogP contribution in [0.2, 0.25) is 0 Å². The third-order valence-corrected chi connectivity index (χ3v) is 1.77. The maximum atomic E-state index is 5.52. The summed E-state index contributed by atoms with van der Waals surface area (Å²) in [6.07, 6.45) is 4.46. The maximum absolute atomic E-state index is 5.52. The van der Waals surface area contributed by atoms with Crippen LogP contribution in [-0.4, -0.2) is 27.0 Å². The lowest BCUT2D eigenvalue weighted by Gasteiger charge is -2.01. The van der Waals surface area contributed by atoms with Crippen molar-refractivity contribution in [3.63, 3.8) is 0 Å². The van der Waals surface area contributed by atoms with Crippen LogP contribution in [0.4, 0.5) is 5.82 Å². The molecule has 0 amide bonds. The van der Waals surface area contributed by atoms with Gasteiger partial charge < -0.3 is 10.5 Å². The van der Waals surface area contributed by atoms with Crippen LogP contribution < -0.4 is 10.5 Å². The summed E-state index contributed by atoms with van der Waals surface area (Å²) in [6, 6.07) is 1.67. The molecule has 76 valence electrons. The summed E-state index contributed by atoms with van der Waals surface area (Å²) in [5.74, 6) is 0.828. The Labute approximate surface area is 86.2 Å². The largest absolute Gasteiger partial charge is 0.481 e. The highest BCUT2D eigenvalue weighted by molar-refractivity contribution is 5.55. The number of nitrogens with zero attached hydrogens (tertiary/aromatic N) is 4. The van der Waals surface area contributed by atoms with Crippen molar-refractivity contribution in [2.45, 2.75) is 0 Å². The first-order chi connectivity index (χ1) is 7.29. The van der Waals surface area contributed by atoms with Gasteiger partial charge in [0.25, 0.3) is 0 Å². The lowest BCUT2D eigenvalue weighted by Crippen LogP contribution is -1.96. The fourth-order valence-electron chi connectivity index (χ4n) is 1.10. The summed E-state index contributed by atoms with van der Waals surface area (Å²) in [5, 5.41) is 0. The molecule has 6 heteroatoms. The average Bonchev–Trinajstić information content (AvgIpc) is 2.29. The van der Waals surface area contributed by atoms with Gasteiger partial charge in [0.2, 0.25) is 5.88 Å². The predicted octanol–water partition coefficient (Wildman–Crippen LogP) is 0.524. The molecule has 0 aromatic carbocycles. The van der Waals surface area contributed by atoms with Crippen molar-refractivity contribution in [3.8, 4) is 17.3 Å². The van der Waals surface area contributed by atoms with Gasteiger partial charge in [-0.1, -0.05) is 0 Å². The zero-order valence-corrected chi connectivity index (χ0v) is 8.08. The maximum Gasteiger partial charge on any atom is 0.216 e. The van der Waals surface area contributed by atoms with Crippen LogP contribution in [0.15, 0.2) is 24.8 Å². The van der Waals surface area contributed by atoms with Gasteiger partial charge in [-0.2, -0.15) is 0 Å². The van der Waals surface area contributed by atoms with Gasteiger partial charge >= 0.3 is 0 Å². The summed E-state index contributed by atoms with van der Waals surface area (Å²) in [5.41, 5.74) is 6.74. The van der Waals surface area contributed by atoms with Crippen LogP contribution in [-0.2, 0) is 0 Å². The number of nitrogen functional groups attached to an aromatic ring is 1. The number of anilines is 1. The molecule has 0 fully saturated rings. The number of methoxy groups -OCH3 is 1. The number of rotatable bonds is 2. The Hall–Kier alpha value is -2.24.